The first-order valence-corrected chi connectivity index (χ1v) is 9.15. The molecule has 1 aromatic carbocycles. The molecule has 0 radical (unpaired) electrons. The number of pyridine rings is 1. The van der Waals surface area contributed by atoms with Crippen molar-refractivity contribution in [2.24, 2.45) is 0 Å². The summed E-state index contributed by atoms with van der Waals surface area (Å²) in [6.45, 7) is 6.61. The lowest BCUT2D eigenvalue weighted by Gasteiger charge is -2.24. The van der Waals surface area contributed by atoms with Crippen LogP contribution < -0.4 is 5.32 Å². The Labute approximate surface area is 152 Å². The monoisotopic (exact) mass is 349 g/mol. The Kier molecular flexibility index (Phi) is 3.83. The van der Waals surface area contributed by atoms with E-state index in [4.69, 9.17) is 4.98 Å². The summed E-state index contributed by atoms with van der Waals surface area (Å²) in [5, 5.41) is 4.62. The summed E-state index contributed by atoms with van der Waals surface area (Å²) in [6.07, 6.45) is 3.80. The Morgan fingerprint density at radius 2 is 2.00 bits per heavy atom. The lowest BCUT2D eigenvalue weighted by molar-refractivity contribution is -0.135. The van der Waals surface area contributed by atoms with Gasteiger partial charge in [0.1, 0.15) is 11.7 Å². The van der Waals surface area contributed by atoms with E-state index in [2.05, 4.69) is 38.2 Å². The van der Waals surface area contributed by atoms with Crippen LogP contribution in [-0.4, -0.2) is 21.4 Å². The van der Waals surface area contributed by atoms with Crippen molar-refractivity contribution in [3.05, 3.63) is 42.1 Å². The molecule has 3 aromatic rings. The van der Waals surface area contributed by atoms with Crippen molar-refractivity contribution in [2.45, 2.75) is 51.5 Å². The summed E-state index contributed by atoms with van der Waals surface area (Å²) < 4.78 is 2.00. The normalized spacial score (nSPS) is 18.5. The number of carbonyl (C=O) groups excluding carboxylic acids is 2. The molecule has 5 nitrogen and oxygen atoms in total. The van der Waals surface area contributed by atoms with Gasteiger partial charge in [0.2, 0.25) is 11.8 Å². The fourth-order valence-corrected chi connectivity index (χ4v) is 3.69. The van der Waals surface area contributed by atoms with E-state index in [-0.39, 0.29) is 17.2 Å². The Balaban J connectivity index is 1.98. The molecule has 4 rings (SSSR count). The molecular formula is C21H23N3O2. The van der Waals surface area contributed by atoms with Gasteiger partial charge in [0.15, 0.2) is 0 Å². The van der Waals surface area contributed by atoms with Crippen LogP contribution in [-0.2, 0) is 15.0 Å². The number of hydrogen-bond acceptors (Lipinski definition) is 3. The summed E-state index contributed by atoms with van der Waals surface area (Å²) in [5.74, 6) is -0.448. The van der Waals surface area contributed by atoms with Crippen LogP contribution in [0.3, 0.4) is 0 Å². The molecule has 1 aliphatic rings. The molecule has 1 saturated heterocycles. The smallest absolute Gasteiger partial charge is 0.249 e. The van der Waals surface area contributed by atoms with Crippen LogP contribution in [0, 0.1) is 0 Å². The number of amides is 2. The minimum Gasteiger partial charge on any atom is -0.313 e. The number of benzene rings is 1. The van der Waals surface area contributed by atoms with Gasteiger partial charge in [-0.3, -0.25) is 14.9 Å². The molecule has 134 valence electrons. The molecule has 1 fully saturated rings. The summed E-state index contributed by atoms with van der Waals surface area (Å²) in [4.78, 5) is 28.8. The summed E-state index contributed by atoms with van der Waals surface area (Å²) in [7, 11) is 0. The van der Waals surface area contributed by atoms with E-state index in [9.17, 15) is 9.59 Å². The van der Waals surface area contributed by atoms with E-state index in [0.717, 1.165) is 28.4 Å². The fourth-order valence-electron chi connectivity index (χ4n) is 3.69. The maximum absolute atomic E-state index is 12.5. The maximum atomic E-state index is 12.5. The first kappa shape index (κ1) is 16.8. The van der Waals surface area contributed by atoms with E-state index in [1.165, 1.54) is 5.56 Å². The highest BCUT2D eigenvalue weighted by molar-refractivity contribution is 6.09. The number of piperidine rings is 1. The first-order valence-electron chi connectivity index (χ1n) is 9.15. The van der Waals surface area contributed by atoms with Crippen LogP contribution >= 0.6 is 0 Å². The summed E-state index contributed by atoms with van der Waals surface area (Å²) >= 11 is 0. The van der Waals surface area contributed by atoms with Gasteiger partial charge in [0, 0.05) is 23.4 Å². The molecule has 0 aliphatic carbocycles. The quantitative estimate of drug-likeness (QED) is 0.731. The highest BCUT2D eigenvalue weighted by atomic mass is 16.2. The number of imide groups is 1. The Bertz CT molecular complexity index is 1030. The number of carbonyl (C=O) groups is 2. The van der Waals surface area contributed by atoms with Crippen molar-refractivity contribution in [3.8, 4) is 0 Å². The van der Waals surface area contributed by atoms with Crippen molar-refractivity contribution in [1.29, 1.82) is 0 Å². The molecule has 5 heteroatoms. The Hall–Kier alpha value is -2.69. The predicted octanol–water partition coefficient (Wildman–Crippen LogP) is 3.85. The van der Waals surface area contributed by atoms with E-state index in [1.807, 2.05) is 29.0 Å². The highest BCUT2D eigenvalue weighted by Crippen LogP contribution is 2.36. The van der Waals surface area contributed by atoms with Gasteiger partial charge in [-0.25, -0.2) is 4.98 Å². The van der Waals surface area contributed by atoms with Gasteiger partial charge in [0.05, 0.1) is 5.52 Å². The minimum atomic E-state index is -0.410. The number of aromatic nitrogens is 2. The highest BCUT2D eigenvalue weighted by Gasteiger charge is 2.31. The van der Waals surface area contributed by atoms with Crippen molar-refractivity contribution in [1.82, 2.24) is 14.9 Å². The van der Waals surface area contributed by atoms with Crippen LogP contribution in [0.25, 0.3) is 21.9 Å². The van der Waals surface area contributed by atoms with Gasteiger partial charge < -0.3 is 4.57 Å². The topological polar surface area (TPSA) is 64.0 Å². The van der Waals surface area contributed by atoms with Gasteiger partial charge >= 0.3 is 0 Å². The van der Waals surface area contributed by atoms with Crippen molar-refractivity contribution in [3.63, 3.8) is 0 Å². The standard InChI is InChI=1S/C21H23N3O2/c1-4-21(2,3)13-11-15-14-7-5-6-8-16(14)24(19(15)22-12-13)17-9-10-18(25)23-20(17)26/h5-8,11-12,17H,4,9-10H2,1-3H3,(H,23,25,26). The van der Waals surface area contributed by atoms with Crippen LogP contribution in [0.2, 0.25) is 0 Å². The molecule has 1 aliphatic heterocycles. The zero-order chi connectivity index (χ0) is 18.5. The van der Waals surface area contributed by atoms with Crippen LogP contribution in [0.5, 0.6) is 0 Å². The second kappa shape index (κ2) is 5.94. The number of fused-ring (bicyclic) bond motifs is 3. The average molecular weight is 349 g/mol. The lowest BCUT2D eigenvalue weighted by atomic mass is 9.83. The second-order valence-corrected chi connectivity index (χ2v) is 7.69. The average Bonchev–Trinajstić information content (AvgIpc) is 2.96. The van der Waals surface area contributed by atoms with Gasteiger partial charge in [-0.1, -0.05) is 39.0 Å². The third-order valence-electron chi connectivity index (χ3n) is 5.74. The Morgan fingerprint density at radius 3 is 2.73 bits per heavy atom. The molecule has 1 unspecified atom stereocenters. The third-order valence-corrected chi connectivity index (χ3v) is 5.74. The van der Waals surface area contributed by atoms with E-state index < -0.39 is 6.04 Å². The number of rotatable bonds is 3. The largest absolute Gasteiger partial charge is 0.313 e. The summed E-state index contributed by atoms with van der Waals surface area (Å²) in [5.41, 5.74) is 3.02. The molecule has 1 N–H and O–H groups in total. The van der Waals surface area contributed by atoms with E-state index >= 15 is 0 Å². The van der Waals surface area contributed by atoms with Gasteiger partial charge in [-0.05, 0) is 36.0 Å². The number of nitrogens with zero attached hydrogens (tertiary/aromatic N) is 2. The van der Waals surface area contributed by atoms with Crippen LogP contribution in [0.4, 0.5) is 0 Å². The molecule has 1 atom stereocenters. The lowest BCUT2D eigenvalue weighted by Crippen LogP contribution is -2.41. The Morgan fingerprint density at radius 1 is 1.23 bits per heavy atom. The SMILES string of the molecule is CCC(C)(C)c1cnc2c(c1)c1ccccc1n2C1CCC(=O)NC1=O. The predicted molar refractivity (Wildman–Crippen MR) is 102 cm³/mol. The summed E-state index contributed by atoms with van der Waals surface area (Å²) in [6, 6.07) is 9.87. The second-order valence-electron chi connectivity index (χ2n) is 7.69. The van der Waals surface area contributed by atoms with Crippen LogP contribution in [0.15, 0.2) is 36.5 Å². The van der Waals surface area contributed by atoms with Crippen LogP contribution in [0.1, 0.15) is 51.6 Å². The third kappa shape index (κ3) is 2.50. The molecule has 0 spiro atoms. The van der Waals surface area contributed by atoms with E-state index in [1.54, 1.807) is 0 Å². The molecule has 3 heterocycles. The minimum absolute atomic E-state index is 0.0407. The molecule has 2 aromatic heterocycles. The molecular weight excluding hydrogens is 326 g/mol. The molecule has 0 bridgehead atoms. The molecule has 0 saturated carbocycles. The van der Waals surface area contributed by atoms with E-state index in [0.29, 0.717) is 12.8 Å². The number of nitrogens with one attached hydrogen (secondary N) is 1. The van der Waals surface area contributed by atoms with Crippen molar-refractivity contribution in [2.75, 3.05) is 0 Å². The van der Waals surface area contributed by atoms with Gasteiger partial charge in [-0.15, -0.1) is 0 Å². The number of para-hydroxylation sites is 1. The van der Waals surface area contributed by atoms with Crippen molar-refractivity contribution < 1.29 is 9.59 Å². The van der Waals surface area contributed by atoms with Crippen molar-refractivity contribution >= 4 is 33.8 Å². The van der Waals surface area contributed by atoms with Gasteiger partial charge in [0.25, 0.3) is 0 Å². The zero-order valence-electron chi connectivity index (χ0n) is 15.4. The van der Waals surface area contributed by atoms with Gasteiger partial charge in [-0.2, -0.15) is 0 Å². The maximum Gasteiger partial charge on any atom is 0.249 e. The zero-order valence-corrected chi connectivity index (χ0v) is 15.4. The fraction of sp³-hybridized carbons (Fsp3) is 0.381. The first-order chi connectivity index (χ1) is 12.4. The molecule has 2 amide bonds. The molecule has 26 heavy (non-hydrogen) atoms. The number of hydrogen-bond donors (Lipinski definition) is 1.